The standard InChI is InChI=1S/C21H30N2O5/c1-4-14(2)20(25)23-11-5-6-17(13-23)19(24)22-10-9-15-7-8-16(21(26)27)12-18(15)28-3/h7-8,12,14,17H,4-6,9-11,13H2,1-3H3,(H,22,24)(H,26,27). The van der Waals surface area contributed by atoms with Gasteiger partial charge in [-0.3, -0.25) is 9.59 Å². The second kappa shape index (κ2) is 10.1. The van der Waals surface area contributed by atoms with Gasteiger partial charge in [0.25, 0.3) is 0 Å². The van der Waals surface area contributed by atoms with Gasteiger partial charge in [-0.05, 0) is 43.4 Å². The van der Waals surface area contributed by atoms with Gasteiger partial charge in [0, 0.05) is 25.6 Å². The van der Waals surface area contributed by atoms with Crippen LogP contribution >= 0.6 is 0 Å². The van der Waals surface area contributed by atoms with Crippen LogP contribution < -0.4 is 10.1 Å². The van der Waals surface area contributed by atoms with Gasteiger partial charge in [0.05, 0.1) is 18.6 Å². The largest absolute Gasteiger partial charge is 0.496 e. The number of likely N-dealkylation sites (tertiary alicyclic amines) is 1. The van der Waals surface area contributed by atoms with E-state index in [9.17, 15) is 14.4 Å². The van der Waals surface area contributed by atoms with Crippen LogP contribution in [0.4, 0.5) is 0 Å². The van der Waals surface area contributed by atoms with Crippen LogP contribution in [0.25, 0.3) is 0 Å². The third-order valence-electron chi connectivity index (χ3n) is 5.37. The maximum Gasteiger partial charge on any atom is 0.335 e. The third kappa shape index (κ3) is 5.47. The van der Waals surface area contributed by atoms with Crippen LogP contribution in [0.3, 0.4) is 0 Å². The zero-order chi connectivity index (χ0) is 20.7. The van der Waals surface area contributed by atoms with Crippen LogP contribution in [0.15, 0.2) is 18.2 Å². The summed E-state index contributed by atoms with van der Waals surface area (Å²) >= 11 is 0. The van der Waals surface area contributed by atoms with Crippen molar-refractivity contribution in [3.63, 3.8) is 0 Å². The molecular formula is C21H30N2O5. The molecule has 0 bridgehead atoms. The monoisotopic (exact) mass is 390 g/mol. The number of nitrogens with one attached hydrogen (secondary N) is 1. The van der Waals surface area contributed by atoms with Gasteiger partial charge in [-0.1, -0.05) is 19.9 Å². The van der Waals surface area contributed by atoms with Gasteiger partial charge in [0.1, 0.15) is 5.75 Å². The molecule has 2 atom stereocenters. The molecule has 1 fully saturated rings. The van der Waals surface area contributed by atoms with Crippen molar-refractivity contribution < 1.29 is 24.2 Å². The Morgan fingerprint density at radius 2 is 2.11 bits per heavy atom. The van der Waals surface area contributed by atoms with E-state index in [0.717, 1.165) is 31.4 Å². The number of methoxy groups -OCH3 is 1. The summed E-state index contributed by atoms with van der Waals surface area (Å²) in [6, 6.07) is 4.72. The number of carbonyl (C=O) groups excluding carboxylic acids is 2. The minimum atomic E-state index is -1.01. The van der Waals surface area contributed by atoms with Crippen molar-refractivity contribution in [1.29, 1.82) is 0 Å². The number of carbonyl (C=O) groups is 3. The van der Waals surface area contributed by atoms with Crippen LogP contribution in [0.5, 0.6) is 5.75 Å². The van der Waals surface area contributed by atoms with Gasteiger partial charge in [-0.15, -0.1) is 0 Å². The summed E-state index contributed by atoms with van der Waals surface area (Å²) in [4.78, 5) is 37.8. The molecule has 0 saturated carbocycles. The van der Waals surface area contributed by atoms with Crippen molar-refractivity contribution in [2.45, 2.75) is 39.5 Å². The Kier molecular flexibility index (Phi) is 7.84. The van der Waals surface area contributed by atoms with Gasteiger partial charge < -0.3 is 20.1 Å². The predicted molar refractivity (Wildman–Crippen MR) is 105 cm³/mol. The molecule has 1 aliphatic rings. The predicted octanol–water partition coefficient (Wildman–Crippen LogP) is 2.34. The first-order valence-corrected chi connectivity index (χ1v) is 9.84. The summed E-state index contributed by atoms with van der Waals surface area (Å²) in [6.07, 6.45) is 2.96. The second-order valence-electron chi connectivity index (χ2n) is 7.31. The fraction of sp³-hybridized carbons (Fsp3) is 0.571. The Hall–Kier alpha value is -2.57. The first-order valence-electron chi connectivity index (χ1n) is 9.84. The molecule has 0 aromatic heterocycles. The molecule has 0 radical (unpaired) electrons. The van der Waals surface area contributed by atoms with Gasteiger partial charge in [0.2, 0.25) is 11.8 Å². The Balaban J connectivity index is 1.88. The summed E-state index contributed by atoms with van der Waals surface area (Å²) in [7, 11) is 1.49. The Bertz CT molecular complexity index is 719. The zero-order valence-electron chi connectivity index (χ0n) is 16.9. The molecule has 1 saturated heterocycles. The molecule has 0 spiro atoms. The summed E-state index contributed by atoms with van der Waals surface area (Å²) < 4.78 is 5.26. The molecule has 1 heterocycles. The van der Waals surface area contributed by atoms with Gasteiger partial charge in [0.15, 0.2) is 0 Å². The number of ether oxygens (including phenoxy) is 1. The fourth-order valence-corrected chi connectivity index (χ4v) is 3.43. The van der Waals surface area contributed by atoms with E-state index in [2.05, 4.69) is 5.32 Å². The molecule has 2 rings (SSSR count). The van der Waals surface area contributed by atoms with E-state index in [0.29, 0.717) is 25.3 Å². The average Bonchev–Trinajstić information content (AvgIpc) is 2.72. The lowest BCUT2D eigenvalue weighted by molar-refractivity contribution is -0.138. The number of rotatable bonds is 8. The second-order valence-corrected chi connectivity index (χ2v) is 7.31. The minimum absolute atomic E-state index is 0.0111. The SMILES string of the molecule is CCC(C)C(=O)N1CCCC(C(=O)NCCc2ccc(C(=O)O)cc2OC)C1. The van der Waals surface area contributed by atoms with Crippen molar-refractivity contribution in [3.8, 4) is 5.75 Å². The van der Waals surface area contributed by atoms with E-state index in [1.807, 2.05) is 18.7 Å². The van der Waals surface area contributed by atoms with Crippen molar-refractivity contribution in [2.24, 2.45) is 11.8 Å². The molecule has 1 aromatic carbocycles. The summed E-state index contributed by atoms with van der Waals surface area (Å²) in [5, 5.41) is 12.0. The lowest BCUT2D eigenvalue weighted by atomic mass is 9.95. The molecule has 2 amide bonds. The van der Waals surface area contributed by atoms with E-state index in [1.54, 1.807) is 6.07 Å². The number of aromatic carboxylic acids is 1. The van der Waals surface area contributed by atoms with E-state index >= 15 is 0 Å². The lowest BCUT2D eigenvalue weighted by Gasteiger charge is -2.33. The molecule has 2 N–H and O–H groups in total. The van der Waals surface area contributed by atoms with Crippen LogP contribution in [-0.2, 0) is 16.0 Å². The van der Waals surface area contributed by atoms with Crippen LogP contribution in [0, 0.1) is 11.8 Å². The van der Waals surface area contributed by atoms with E-state index in [1.165, 1.54) is 19.2 Å². The highest BCUT2D eigenvalue weighted by Crippen LogP contribution is 2.22. The number of hydrogen-bond acceptors (Lipinski definition) is 4. The minimum Gasteiger partial charge on any atom is -0.496 e. The van der Waals surface area contributed by atoms with E-state index in [-0.39, 0.29) is 29.2 Å². The number of hydrogen-bond donors (Lipinski definition) is 2. The van der Waals surface area contributed by atoms with Crippen molar-refractivity contribution >= 4 is 17.8 Å². The number of amides is 2. The van der Waals surface area contributed by atoms with E-state index in [4.69, 9.17) is 9.84 Å². The molecule has 7 heteroatoms. The highest BCUT2D eigenvalue weighted by molar-refractivity contribution is 5.88. The Labute approximate surface area is 166 Å². The highest BCUT2D eigenvalue weighted by atomic mass is 16.5. The number of nitrogens with zero attached hydrogens (tertiary/aromatic N) is 1. The molecule has 1 aromatic rings. The normalized spacial score (nSPS) is 17.7. The fourth-order valence-electron chi connectivity index (χ4n) is 3.43. The molecule has 7 nitrogen and oxygen atoms in total. The maximum absolute atomic E-state index is 12.5. The van der Waals surface area contributed by atoms with Crippen molar-refractivity contribution in [2.75, 3.05) is 26.7 Å². The summed E-state index contributed by atoms with van der Waals surface area (Å²) in [5.74, 6) is -0.615. The topological polar surface area (TPSA) is 95.9 Å². The van der Waals surface area contributed by atoms with Crippen LogP contribution in [-0.4, -0.2) is 54.5 Å². The number of benzene rings is 1. The first-order chi connectivity index (χ1) is 13.4. The smallest absolute Gasteiger partial charge is 0.335 e. The van der Waals surface area contributed by atoms with Crippen LogP contribution in [0.2, 0.25) is 0 Å². The zero-order valence-corrected chi connectivity index (χ0v) is 16.9. The number of carboxylic acids is 1. The Morgan fingerprint density at radius 3 is 2.75 bits per heavy atom. The van der Waals surface area contributed by atoms with Crippen LogP contribution in [0.1, 0.15) is 49.0 Å². The molecule has 2 unspecified atom stereocenters. The molecule has 154 valence electrons. The third-order valence-corrected chi connectivity index (χ3v) is 5.37. The lowest BCUT2D eigenvalue weighted by Crippen LogP contribution is -2.47. The van der Waals surface area contributed by atoms with E-state index < -0.39 is 5.97 Å². The van der Waals surface area contributed by atoms with Gasteiger partial charge >= 0.3 is 5.97 Å². The number of piperidine rings is 1. The molecule has 0 aliphatic carbocycles. The van der Waals surface area contributed by atoms with Gasteiger partial charge in [-0.25, -0.2) is 4.79 Å². The quantitative estimate of drug-likeness (QED) is 0.710. The first kappa shape index (κ1) is 21.7. The summed E-state index contributed by atoms with van der Waals surface area (Å²) in [5.41, 5.74) is 1.00. The Morgan fingerprint density at radius 1 is 1.36 bits per heavy atom. The maximum atomic E-state index is 12.5. The highest BCUT2D eigenvalue weighted by Gasteiger charge is 2.29. The number of carboxylic acid groups (broad SMARTS) is 1. The average molecular weight is 390 g/mol. The molecular weight excluding hydrogens is 360 g/mol. The van der Waals surface area contributed by atoms with Crippen molar-refractivity contribution in [3.05, 3.63) is 29.3 Å². The van der Waals surface area contributed by atoms with Gasteiger partial charge in [-0.2, -0.15) is 0 Å². The molecule has 28 heavy (non-hydrogen) atoms. The summed E-state index contributed by atoms with van der Waals surface area (Å²) in [6.45, 7) is 5.55. The van der Waals surface area contributed by atoms with Crippen molar-refractivity contribution in [1.82, 2.24) is 10.2 Å². The molecule has 1 aliphatic heterocycles.